The molecule has 1 fully saturated rings. The van der Waals surface area contributed by atoms with Gasteiger partial charge in [-0.1, -0.05) is 18.2 Å². The highest BCUT2D eigenvalue weighted by Gasteiger charge is 2.28. The van der Waals surface area contributed by atoms with Gasteiger partial charge in [-0.3, -0.25) is 4.90 Å². The minimum atomic E-state index is -0.536. The molecule has 1 aliphatic rings. The Balaban J connectivity index is 2.02. The monoisotopic (exact) mass is 279 g/mol. The number of aliphatic hydroxyl groups excluding tert-OH is 1. The van der Waals surface area contributed by atoms with Crippen molar-refractivity contribution < 1.29 is 14.6 Å². The van der Waals surface area contributed by atoms with Crippen LogP contribution in [0.5, 0.6) is 5.75 Å². The molecule has 1 atom stereocenters. The zero-order valence-corrected chi connectivity index (χ0v) is 12.6. The van der Waals surface area contributed by atoms with Crippen molar-refractivity contribution in [1.82, 2.24) is 4.90 Å². The van der Waals surface area contributed by atoms with Crippen LogP contribution in [0, 0.1) is 0 Å². The molecule has 2 rings (SSSR count). The molecule has 4 heteroatoms. The van der Waals surface area contributed by atoms with Crippen molar-refractivity contribution in [1.29, 1.82) is 0 Å². The summed E-state index contributed by atoms with van der Waals surface area (Å²) in [4.78, 5) is 2.25. The van der Waals surface area contributed by atoms with Gasteiger partial charge in [0.1, 0.15) is 5.75 Å². The van der Waals surface area contributed by atoms with E-state index in [1.165, 1.54) is 0 Å². The molecule has 0 bridgehead atoms. The van der Waals surface area contributed by atoms with Crippen LogP contribution in [0.15, 0.2) is 24.3 Å². The zero-order valence-electron chi connectivity index (χ0n) is 12.6. The van der Waals surface area contributed by atoms with Gasteiger partial charge < -0.3 is 14.6 Å². The largest absolute Gasteiger partial charge is 0.493 e. The Labute approximate surface area is 121 Å². The summed E-state index contributed by atoms with van der Waals surface area (Å²) in [5.74, 6) is 0.773. The van der Waals surface area contributed by atoms with E-state index in [-0.39, 0.29) is 5.60 Å². The maximum atomic E-state index is 10.5. The summed E-state index contributed by atoms with van der Waals surface area (Å²) in [6, 6.07) is 7.70. The highest BCUT2D eigenvalue weighted by Crippen LogP contribution is 2.27. The highest BCUT2D eigenvalue weighted by molar-refractivity contribution is 5.35. The normalized spacial score (nSPS) is 20.6. The number of nitrogens with zero attached hydrogens (tertiary/aromatic N) is 1. The van der Waals surface area contributed by atoms with E-state index in [0.29, 0.717) is 19.8 Å². The van der Waals surface area contributed by atoms with E-state index < -0.39 is 6.10 Å². The van der Waals surface area contributed by atoms with Gasteiger partial charge >= 0.3 is 0 Å². The lowest BCUT2D eigenvalue weighted by atomic mass is 10.0. The lowest BCUT2D eigenvalue weighted by Gasteiger charge is -2.39. The number of para-hydroxylation sites is 1. The molecule has 0 radical (unpaired) electrons. The van der Waals surface area contributed by atoms with Crippen molar-refractivity contribution in [2.24, 2.45) is 0 Å². The lowest BCUT2D eigenvalue weighted by molar-refractivity contribution is -0.0933. The number of rotatable bonds is 5. The number of β-amino-alcohol motifs (C(OH)–C–C–N with tert-alkyl or cyclic N) is 1. The third-order valence-electron chi connectivity index (χ3n) is 3.51. The van der Waals surface area contributed by atoms with Gasteiger partial charge in [0.25, 0.3) is 0 Å². The summed E-state index contributed by atoms with van der Waals surface area (Å²) < 4.78 is 11.3. The van der Waals surface area contributed by atoms with E-state index in [1.807, 2.05) is 31.2 Å². The lowest BCUT2D eigenvalue weighted by Crippen LogP contribution is -2.49. The van der Waals surface area contributed by atoms with E-state index in [0.717, 1.165) is 24.4 Å². The Hall–Kier alpha value is -1.10. The van der Waals surface area contributed by atoms with Crippen molar-refractivity contribution in [2.45, 2.75) is 32.5 Å². The van der Waals surface area contributed by atoms with Gasteiger partial charge in [0, 0.05) is 25.2 Å². The van der Waals surface area contributed by atoms with Crippen LogP contribution >= 0.6 is 0 Å². The number of morpholine rings is 1. The van der Waals surface area contributed by atoms with Crippen molar-refractivity contribution in [2.75, 3.05) is 32.8 Å². The third-order valence-corrected chi connectivity index (χ3v) is 3.51. The predicted molar refractivity (Wildman–Crippen MR) is 79.0 cm³/mol. The summed E-state index contributed by atoms with van der Waals surface area (Å²) in [6.45, 7) is 9.74. The Morgan fingerprint density at radius 2 is 2.15 bits per heavy atom. The summed E-state index contributed by atoms with van der Waals surface area (Å²) in [5.41, 5.74) is 0.718. The van der Waals surface area contributed by atoms with Gasteiger partial charge in [0.05, 0.1) is 24.9 Å². The average Bonchev–Trinajstić information content (AvgIpc) is 2.38. The van der Waals surface area contributed by atoms with Crippen molar-refractivity contribution in [3.63, 3.8) is 0 Å². The first-order valence-corrected chi connectivity index (χ1v) is 7.28. The van der Waals surface area contributed by atoms with Crippen LogP contribution in [0.1, 0.15) is 32.4 Å². The van der Waals surface area contributed by atoms with Crippen LogP contribution in [-0.4, -0.2) is 48.5 Å². The van der Waals surface area contributed by atoms with Crippen molar-refractivity contribution >= 4 is 0 Å². The summed E-state index contributed by atoms with van der Waals surface area (Å²) >= 11 is 0. The molecule has 1 aromatic carbocycles. The molecule has 20 heavy (non-hydrogen) atoms. The molecule has 1 aliphatic heterocycles. The second kappa shape index (κ2) is 6.57. The number of hydrogen-bond donors (Lipinski definition) is 1. The van der Waals surface area contributed by atoms with E-state index in [4.69, 9.17) is 9.47 Å². The fourth-order valence-electron chi connectivity index (χ4n) is 2.66. The van der Waals surface area contributed by atoms with Crippen LogP contribution in [-0.2, 0) is 4.74 Å². The molecule has 1 saturated heterocycles. The molecule has 0 aliphatic carbocycles. The number of aliphatic hydroxyl groups is 1. The van der Waals surface area contributed by atoms with Crippen molar-refractivity contribution in [3.8, 4) is 5.75 Å². The SMILES string of the molecule is CCOc1ccccc1C(O)CN1CCOC(C)(C)C1. The minimum absolute atomic E-state index is 0.141. The van der Waals surface area contributed by atoms with E-state index in [9.17, 15) is 5.11 Å². The van der Waals surface area contributed by atoms with E-state index in [1.54, 1.807) is 0 Å². The Morgan fingerprint density at radius 1 is 1.40 bits per heavy atom. The second-order valence-corrected chi connectivity index (χ2v) is 5.83. The van der Waals surface area contributed by atoms with Crippen molar-refractivity contribution in [3.05, 3.63) is 29.8 Å². The summed E-state index contributed by atoms with van der Waals surface area (Å²) in [7, 11) is 0. The third kappa shape index (κ3) is 3.95. The fraction of sp³-hybridized carbons (Fsp3) is 0.625. The molecule has 1 unspecified atom stereocenters. The van der Waals surface area contributed by atoms with Crippen LogP contribution in [0.2, 0.25) is 0 Å². The second-order valence-electron chi connectivity index (χ2n) is 5.83. The highest BCUT2D eigenvalue weighted by atomic mass is 16.5. The molecule has 1 N–H and O–H groups in total. The van der Waals surface area contributed by atoms with Gasteiger partial charge in [-0.2, -0.15) is 0 Å². The maximum absolute atomic E-state index is 10.5. The average molecular weight is 279 g/mol. The van der Waals surface area contributed by atoms with Gasteiger partial charge in [0.15, 0.2) is 0 Å². The van der Waals surface area contributed by atoms with Gasteiger partial charge in [-0.05, 0) is 26.8 Å². The van der Waals surface area contributed by atoms with Crippen LogP contribution in [0.3, 0.4) is 0 Å². The number of benzene rings is 1. The molecular weight excluding hydrogens is 254 g/mol. The first kappa shape index (κ1) is 15.3. The van der Waals surface area contributed by atoms with E-state index >= 15 is 0 Å². The first-order valence-electron chi connectivity index (χ1n) is 7.28. The molecule has 0 spiro atoms. The van der Waals surface area contributed by atoms with Crippen LogP contribution in [0.4, 0.5) is 0 Å². The van der Waals surface area contributed by atoms with E-state index in [2.05, 4.69) is 18.7 Å². The van der Waals surface area contributed by atoms with Gasteiger partial charge in [-0.25, -0.2) is 0 Å². The number of ether oxygens (including phenoxy) is 2. The topological polar surface area (TPSA) is 41.9 Å². The quantitative estimate of drug-likeness (QED) is 0.897. The predicted octanol–water partition coefficient (Wildman–Crippen LogP) is 2.23. The minimum Gasteiger partial charge on any atom is -0.493 e. The molecule has 4 nitrogen and oxygen atoms in total. The molecule has 112 valence electrons. The van der Waals surface area contributed by atoms with Crippen LogP contribution < -0.4 is 4.74 Å². The molecule has 0 amide bonds. The maximum Gasteiger partial charge on any atom is 0.125 e. The summed E-state index contributed by atoms with van der Waals surface area (Å²) in [5, 5.41) is 10.5. The molecular formula is C16H25NO3. The molecule has 0 saturated carbocycles. The molecule has 1 aromatic rings. The standard InChI is InChI=1S/C16H25NO3/c1-4-19-15-8-6-5-7-13(15)14(18)11-17-9-10-20-16(2,3)12-17/h5-8,14,18H,4,9-12H2,1-3H3. The van der Waals surface area contributed by atoms with Gasteiger partial charge in [0.2, 0.25) is 0 Å². The summed E-state index contributed by atoms with van der Waals surface area (Å²) in [6.07, 6.45) is -0.536. The Kier molecular flexibility index (Phi) is 5.02. The van der Waals surface area contributed by atoms with Gasteiger partial charge in [-0.15, -0.1) is 0 Å². The molecule has 0 aromatic heterocycles. The number of hydrogen-bond acceptors (Lipinski definition) is 4. The Bertz CT molecular complexity index is 433. The Morgan fingerprint density at radius 3 is 2.85 bits per heavy atom. The fourth-order valence-corrected chi connectivity index (χ4v) is 2.66. The smallest absolute Gasteiger partial charge is 0.125 e. The van der Waals surface area contributed by atoms with Crippen LogP contribution in [0.25, 0.3) is 0 Å². The zero-order chi connectivity index (χ0) is 14.6. The first-order chi connectivity index (χ1) is 9.52. The molecule has 1 heterocycles.